The molecule has 0 aliphatic carbocycles. The quantitative estimate of drug-likeness (QED) is 0.652. The summed E-state index contributed by atoms with van der Waals surface area (Å²) in [6.07, 6.45) is 1.74. The van der Waals surface area contributed by atoms with Crippen LogP contribution in [-0.2, 0) is 0 Å². The highest BCUT2D eigenvalue weighted by Gasteiger charge is 2.21. The number of piperidine rings is 1. The predicted octanol–water partition coefficient (Wildman–Crippen LogP) is 1.73. The van der Waals surface area contributed by atoms with Gasteiger partial charge in [0.1, 0.15) is 11.9 Å². The molecule has 6 nitrogen and oxygen atoms in total. The van der Waals surface area contributed by atoms with Crippen LogP contribution in [0.4, 0.5) is 5.69 Å². The Morgan fingerprint density at radius 1 is 1.39 bits per heavy atom. The number of rotatable bonds is 4. The van der Waals surface area contributed by atoms with E-state index in [1.807, 2.05) is 0 Å². The first-order valence-electron chi connectivity index (χ1n) is 5.90. The van der Waals surface area contributed by atoms with Crippen LogP contribution < -0.4 is 14.8 Å². The average Bonchev–Trinajstić information content (AvgIpc) is 2.39. The molecule has 1 aliphatic rings. The van der Waals surface area contributed by atoms with Crippen LogP contribution in [0.1, 0.15) is 12.8 Å². The van der Waals surface area contributed by atoms with Gasteiger partial charge in [0.25, 0.3) is 0 Å². The van der Waals surface area contributed by atoms with Crippen LogP contribution in [0.15, 0.2) is 18.2 Å². The van der Waals surface area contributed by atoms with Gasteiger partial charge in [-0.25, -0.2) is 0 Å². The second-order valence-corrected chi connectivity index (χ2v) is 4.16. The summed E-state index contributed by atoms with van der Waals surface area (Å²) in [5.41, 5.74) is -0.0191. The Hall–Kier alpha value is -1.82. The molecule has 1 heterocycles. The van der Waals surface area contributed by atoms with Crippen LogP contribution in [0, 0.1) is 10.1 Å². The molecule has 1 fully saturated rings. The Bertz CT molecular complexity index is 430. The molecule has 0 aromatic heterocycles. The van der Waals surface area contributed by atoms with E-state index in [-0.39, 0.29) is 17.5 Å². The molecule has 0 radical (unpaired) electrons. The highest BCUT2D eigenvalue weighted by molar-refractivity contribution is 5.50. The van der Waals surface area contributed by atoms with Gasteiger partial charge in [0.2, 0.25) is 5.75 Å². The van der Waals surface area contributed by atoms with Gasteiger partial charge in [0.15, 0.2) is 0 Å². The van der Waals surface area contributed by atoms with Crippen molar-refractivity contribution in [3.63, 3.8) is 0 Å². The molecule has 2 rings (SSSR count). The number of benzene rings is 1. The lowest BCUT2D eigenvalue weighted by atomic mass is 10.1. The lowest BCUT2D eigenvalue weighted by Crippen LogP contribution is -2.34. The second kappa shape index (κ2) is 5.68. The number of hydrogen-bond donors (Lipinski definition) is 1. The van der Waals surface area contributed by atoms with Crippen LogP contribution >= 0.6 is 0 Å². The van der Waals surface area contributed by atoms with Gasteiger partial charge in [-0.15, -0.1) is 0 Å². The Morgan fingerprint density at radius 2 is 2.11 bits per heavy atom. The van der Waals surface area contributed by atoms with Gasteiger partial charge in [-0.2, -0.15) is 0 Å². The van der Waals surface area contributed by atoms with Crippen molar-refractivity contribution in [3.05, 3.63) is 28.3 Å². The van der Waals surface area contributed by atoms with Crippen molar-refractivity contribution in [1.29, 1.82) is 0 Å². The Labute approximate surface area is 105 Å². The van der Waals surface area contributed by atoms with E-state index in [1.54, 1.807) is 12.1 Å². The van der Waals surface area contributed by atoms with Crippen molar-refractivity contribution in [3.8, 4) is 11.5 Å². The van der Waals surface area contributed by atoms with Gasteiger partial charge in [-0.3, -0.25) is 10.1 Å². The summed E-state index contributed by atoms with van der Waals surface area (Å²) in [6.45, 7) is 1.75. The van der Waals surface area contributed by atoms with E-state index in [0.717, 1.165) is 25.9 Å². The molecule has 0 amide bonds. The molecule has 1 aromatic carbocycles. The van der Waals surface area contributed by atoms with E-state index in [2.05, 4.69) is 5.32 Å². The Balaban J connectivity index is 2.19. The third-order valence-electron chi connectivity index (χ3n) is 2.94. The summed E-state index contributed by atoms with van der Waals surface area (Å²) in [6, 6.07) is 4.54. The third kappa shape index (κ3) is 2.89. The van der Waals surface area contributed by atoms with Crippen molar-refractivity contribution in [2.75, 3.05) is 20.2 Å². The Morgan fingerprint density at radius 3 is 2.72 bits per heavy atom. The van der Waals surface area contributed by atoms with E-state index < -0.39 is 4.92 Å². The number of methoxy groups -OCH3 is 1. The molecule has 0 spiro atoms. The number of hydrogen-bond acceptors (Lipinski definition) is 5. The van der Waals surface area contributed by atoms with Crippen LogP contribution in [-0.4, -0.2) is 31.2 Å². The fraction of sp³-hybridized carbons (Fsp3) is 0.500. The van der Waals surface area contributed by atoms with Crippen molar-refractivity contribution in [2.24, 2.45) is 0 Å². The molecule has 1 aromatic rings. The summed E-state index contributed by atoms with van der Waals surface area (Å²) in [4.78, 5) is 10.5. The molecule has 1 aliphatic heterocycles. The first-order valence-corrected chi connectivity index (χ1v) is 5.90. The normalized spacial score (nSPS) is 16.3. The van der Waals surface area contributed by atoms with E-state index in [1.165, 1.54) is 13.2 Å². The topological polar surface area (TPSA) is 73.6 Å². The van der Waals surface area contributed by atoms with E-state index in [0.29, 0.717) is 5.75 Å². The summed E-state index contributed by atoms with van der Waals surface area (Å²) >= 11 is 0. The van der Waals surface area contributed by atoms with Gasteiger partial charge >= 0.3 is 5.69 Å². The van der Waals surface area contributed by atoms with Gasteiger partial charge in [-0.05, 0) is 32.0 Å². The first kappa shape index (κ1) is 12.6. The molecule has 98 valence electrons. The molecule has 1 N–H and O–H groups in total. The van der Waals surface area contributed by atoms with E-state index in [4.69, 9.17) is 9.47 Å². The van der Waals surface area contributed by atoms with Gasteiger partial charge in [0, 0.05) is 12.1 Å². The predicted molar refractivity (Wildman–Crippen MR) is 66.2 cm³/mol. The zero-order chi connectivity index (χ0) is 13.0. The fourth-order valence-corrected chi connectivity index (χ4v) is 1.96. The van der Waals surface area contributed by atoms with Crippen molar-refractivity contribution < 1.29 is 14.4 Å². The first-order chi connectivity index (χ1) is 8.70. The summed E-state index contributed by atoms with van der Waals surface area (Å²) < 4.78 is 10.8. The minimum Gasteiger partial charge on any atom is -0.497 e. The van der Waals surface area contributed by atoms with Crippen LogP contribution in [0.2, 0.25) is 0 Å². The molecular weight excluding hydrogens is 236 g/mol. The van der Waals surface area contributed by atoms with Gasteiger partial charge in [0.05, 0.1) is 12.0 Å². The monoisotopic (exact) mass is 252 g/mol. The molecule has 0 atom stereocenters. The smallest absolute Gasteiger partial charge is 0.311 e. The van der Waals surface area contributed by atoms with Gasteiger partial charge in [-0.1, -0.05) is 0 Å². The summed E-state index contributed by atoms with van der Waals surface area (Å²) in [5, 5.41) is 14.2. The van der Waals surface area contributed by atoms with Crippen molar-refractivity contribution in [2.45, 2.75) is 18.9 Å². The minimum absolute atomic E-state index is 0.0191. The maximum atomic E-state index is 10.9. The number of nitrogens with zero attached hydrogens (tertiary/aromatic N) is 1. The fourth-order valence-electron chi connectivity index (χ4n) is 1.96. The number of ether oxygens (including phenoxy) is 2. The summed E-state index contributed by atoms with van der Waals surface area (Å²) in [7, 11) is 1.52. The molecular formula is C12H16N2O4. The number of nitro groups is 1. The highest BCUT2D eigenvalue weighted by Crippen LogP contribution is 2.32. The summed E-state index contributed by atoms with van der Waals surface area (Å²) in [5.74, 6) is 0.843. The highest BCUT2D eigenvalue weighted by atomic mass is 16.6. The van der Waals surface area contributed by atoms with Gasteiger partial charge < -0.3 is 14.8 Å². The molecule has 6 heteroatoms. The van der Waals surface area contributed by atoms with E-state index >= 15 is 0 Å². The molecule has 18 heavy (non-hydrogen) atoms. The van der Waals surface area contributed by atoms with Crippen LogP contribution in [0.25, 0.3) is 0 Å². The van der Waals surface area contributed by atoms with Crippen LogP contribution in [0.5, 0.6) is 11.5 Å². The molecule has 1 saturated heterocycles. The Kier molecular flexibility index (Phi) is 3.99. The number of nitrogens with one attached hydrogen (secondary N) is 1. The molecule has 0 bridgehead atoms. The standard InChI is InChI=1S/C12H16N2O4/c1-17-10-2-3-11(14(15)16)12(8-10)18-9-4-6-13-7-5-9/h2-3,8-9,13H,4-7H2,1H3. The lowest BCUT2D eigenvalue weighted by Gasteiger charge is -2.23. The molecule has 0 unspecified atom stereocenters. The van der Waals surface area contributed by atoms with Crippen molar-refractivity contribution in [1.82, 2.24) is 5.32 Å². The van der Waals surface area contributed by atoms with Crippen LogP contribution in [0.3, 0.4) is 0 Å². The second-order valence-electron chi connectivity index (χ2n) is 4.16. The van der Waals surface area contributed by atoms with E-state index in [9.17, 15) is 10.1 Å². The maximum Gasteiger partial charge on any atom is 0.311 e. The van der Waals surface area contributed by atoms with Crippen molar-refractivity contribution >= 4 is 5.69 Å². The average molecular weight is 252 g/mol. The lowest BCUT2D eigenvalue weighted by molar-refractivity contribution is -0.386. The maximum absolute atomic E-state index is 10.9. The zero-order valence-electron chi connectivity index (χ0n) is 10.2. The number of nitro benzene ring substituents is 1. The third-order valence-corrected chi connectivity index (χ3v) is 2.94. The SMILES string of the molecule is COc1ccc([N+](=O)[O-])c(OC2CCNCC2)c1. The minimum atomic E-state index is -0.435. The largest absolute Gasteiger partial charge is 0.497 e. The zero-order valence-corrected chi connectivity index (χ0v) is 10.2. The molecule has 0 saturated carbocycles.